The average Bonchev–Trinajstić information content (AvgIpc) is 3.38. The quantitative estimate of drug-likeness (QED) is 0.339. The van der Waals surface area contributed by atoms with E-state index in [2.05, 4.69) is 27.4 Å². The Hall–Kier alpha value is -4.35. The average molecular weight is 580 g/mol. The standard InChI is InChI=1S/C29H25ClF3N7O/c1-37-13-15-38(16-14-37)27-21-9-5-6-10-24(21)40(25-12-11-19(30)17-23(25)35-27)36-28(41)22-18-34-39(26(22)29(31,32)33)20-7-3-2-4-8-20/h2-12,17-18H,13-16H2,1H3,(H,36,41). The number of hydrogen-bond donors (Lipinski definition) is 1. The van der Waals surface area contributed by atoms with Gasteiger partial charge in [0.15, 0.2) is 5.69 Å². The number of hydrogen-bond acceptors (Lipinski definition) is 6. The van der Waals surface area contributed by atoms with E-state index in [1.165, 1.54) is 17.1 Å². The summed E-state index contributed by atoms with van der Waals surface area (Å²) in [7, 11) is 2.06. The summed E-state index contributed by atoms with van der Waals surface area (Å²) < 4.78 is 43.8. The summed E-state index contributed by atoms with van der Waals surface area (Å²) in [6, 6.07) is 20.2. The van der Waals surface area contributed by atoms with Crippen LogP contribution < -0.4 is 10.4 Å². The van der Waals surface area contributed by atoms with Crippen LogP contribution in [0.15, 0.2) is 84.0 Å². The summed E-state index contributed by atoms with van der Waals surface area (Å²) in [6.45, 7) is 3.16. The third-order valence-corrected chi connectivity index (χ3v) is 7.32. The first kappa shape index (κ1) is 26.9. The van der Waals surface area contributed by atoms with Crippen LogP contribution in [0.3, 0.4) is 0 Å². The highest BCUT2D eigenvalue weighted by Crippen LogP contribution is 2.41. The molecule has 0 bridgehead atoms. The molecule has 3 aromatic carbocycles. The molecular formula is C29H25ClF3N7O. The SMILES string of the molecule is CN1CCN(C2=Nc3cc(Cl)ccc3N(NC(=O)c3cnn(-c4ccccc4)c3C(F)(F)F)c3ccccc32)CC1. The van der Waals surface area contributed by atoms with Crippen LogP contribution in [-0.4, -0.2) is 64.5 Å². The van der Waals surface area contributed by atoms with E-state index in [1.54, 1.807) is 48.5 Å². The normalized spacial score (nSPS) is 15.6. The van der Waals surface area contributed by atoms with Gasteiger partial charge >= 0.3 is 6.18 Å². The van der Waals surface area contributed by atoms with Crippen LogP contribution >= 0.6 is 11.6 Å². The van der Waals surface area contributed by atoms with Gasteiger partial charge in [-0.2, -0.15) is 18.3 Å². The number of para-hydroxylation sites is 2. The zero-order valence-electron chi connectivity index (χ0n) is 21.9. The van der Waals surface area contributed by atoms with Gasteiger partial charge in [-0.1, -0.05) is 41.9 Å². The number of carbonyl (C=O) groups excluding carboxylic acids is 1. The summed E-state index contributed by atoms with van der Waals surface area (Å²) in [6.07, 6.45) is -3.91. The number of nitrogens with zero attached hydrogens (tertiary/aromatic N) is 6. The molecule has 210 valence electrons. The highest BCUT2D eigenvalue weighted by Gasteiger charge is 2.41. The monoisotopic (exact) mass is 579 g/mol. The summed E-state index contributed by atoms with van der Waals surface area (Å²) in [4.78, 5) is 23.0. The van der Waals surface area contributed by atoms with Crippen molar-refractivity contribution in [1.29, 1.82) is 0 Å². The van der Waals surface area contributed by atoms with Crippen LogP contribution in [0.2, 0.25) is 5.02 Å². The maximum Gasteiger partial charge on any atom is 0.434 e. The zero-order valence-corrected chi connectivity index (χ0v) is 22.7. The molecule has 12 heteroatoms. The van der Waals surface area contributed by atoms with Crippen molar-refractivity contribution in [3.05, 3.63) is 101 Å². The van der Waals surface area contributed by atoms with Gasteiger partial charge in [0, 0.05) is 36.8 Å². The molecule has 2 aliphatic heterocycles. The molecule has 0 aliphatic carbocycles. The fourth-order valence-corrected chi connectivity index (χ4v) is 5.20. The molecule has 0 atom stereocenters. The number of aliphatic imine (C=N–C) groups is 1. The number of piperazine rings is 1. The molecule has 6 rings (SSSR count). The Morgan fingerprint density at radius 1 is 0.927 bits per heavy atom. The third-order valence-electron chi connectivity index (χ3n) is 7.09. The van der Waals surface area contributed by atoms with Crippen LogP contribution in [0.5, 0.6) is 0 Å². The van der Waals surface area contributed by atoms with Crippen LogP contribution in [0.4, 0.5) is 30.2 Å². The number of likely N-dealkylation sites (N-methyl/N-ethyl adjacent to an activating group) is 1. The fourth-order valence-electron chi connectivity index (χ4n) is 5.03. The van der Waals surface area contributed by atoms with Gasteiger partial charge in [-0.3, -0.25) is 15.2 Å². The van der Waals surface area contributed by atoms with E-state index in [0.717, 1.165) is 42.6 Å². The topological polar surface area (TPSA) is 69.0 Å². The molecular weight excluding hydrogens is 555 g/mol. The predicted molar refractivity (Wildman–Crippen MR) is 151 cm³/mol. The molecule has 0 saturated carbocycles. The van der Waals surface area contributed by atoms with Crippen molar-refractivity contribution in [2.24, 2.45) is 4.99 Å². The first-order valence-corrected chi connectivity index (χ1v) is 13.3. The first-order chi connectivity index (χ1) is 19.7. The number of amidine groups is 1. The molecule has 0 spiro atoms. The Bertz CT molecular complexity index is 1630. The lowest BCUT2D eigenvalue weighted by atomic mass is 10.1. The molecule has 4 aromatic rings. The number of halogens is 4. The predicted octanol–water partition coefficient (Wildman–Crippen LogP) is 5.67. The van der Waals surface area contributed by atoms with Crippen molar-refractivity contribution < 1.29 is 18.0 Å². The maximum absolute atomic E-state index is 14.3. The molecule has 1 amide bonds. The molecule has 2 aliphatic rings. The highest BCUT2D eigenvalue weighted by atomic mass is 35.5. The Labute approximate surface area is 239 Å². The van der Waals surface area contributed by atoms with Gasteiger partial charge < -0.3 is 9.80 Å². The van der Waals surface area contributed by atoms with Crippen LogP contribution in [0.25, 0.3) is 5.69 Å². The van der Waals surface area contributed by atoms with Crippen molar-refractivity contribution >= 4 is 40.4 Å². The first-order valence-electron chi connectivity index (χ1n) is 12.9. The number of amides is 1. The Morgan fingerprint density at radius 2 is 1.63 bits per heavy atom. The Kier molecular flexibility index (Phi) is 6.92. The number of anilines is 2. The molecule has 3 heterocycles. The van der Waals surface area contributed by atoms with Crippen molar-refractivity contribution in [3.8, 4) is 5.69 Å². The van der Waals surface area contributed by atoms with E-state index in [-0.39, 0.29) is 5.69 Å². The summed E-state index contributed by atoms with van der Waals surface area (Å²) in [5, 5.41) is 5.84. The number of rotatable bonds is 3. The minimum Gasteiger partial charge on any atom is -0.353 e. The number of aromatic nitrogens is 2. The van der Waals surface area contributed by atoms with Crippen molar-refractivity contribution in [1.82, 2.24) is 25.0 Å². The molecule has 1 saturated heterocycles. The molecule has 1 aromatic heterocycles. The molecule has 8 nitrogen and oxygen atoms in total. The lowest BCUT2D eigenvalue weighted by Crippen LogP contribution is -2.47. The van der Waals surface area contributed by atoms with Crippen LogP contribution in [0, 0.1) is 0 Å². The van der Waals surface area contributed by atoms with Gasteiger partial charge in [0.2, 0.25) is 0 Å². The zero-order chi connectivity index (χ0) is 28.7. The van der Waals surface area contributed by atoms with Crippen molar-refractivity contribution in [2.75, 3.05) is 38.2 Å². The number of benzene rings is 3. The highest BCUT2D eigenvalue weighted by molar-refractivity contribution is 6.31. The smallest absolute Gasteiger partial charge is 0.353 e. The van der Waals surface area contributed by atoms with E-state index in [1.807, 2.05) is 12.1 Å². The lowest BCUT2D eigenvalue weighted by Gasteiger charge is -2.35. The maximum atomic E-state index is 14.3. The molecule has 1 N–H and O–H groups in total. The van der Waals surface area contributed by atoms with E-state index in [0.29, 0.717) is 27.9 Å². The number of carbonyl (C=O) groups is 1. The van der Waals surface area contributed by atoms with Crippen LogP contribution in [-0.2, 0) is 6.18 Å². The Balaban J connectivity index is 1.44. The number of alkyl halides is 3. The Morgan fingerprint density at radius 3 is 2.37 bits per heavy atom. The van der Waals surface area contributed by atoms with E-state index >= 15 is 0 Å². The van der Waals surface area contributed by atoms with Gasteiger partial charge in [0.05, 0.1) is 34.5 Å². The fraction of sp³-hybridized carbons (Fsp3) is 0.207. The second-order valence-corrected chi connectivity index (χ2v) is 10.2. The largest absolute Gasteiger partial charge is 0.434 e. The van der Waals surface area contributed by atoms with E-state index in [4.69, 9.17) is 16.6 Å². The minimum atomic E-state index is -4.85. The number of hydrazine groups is 1. The molecule has 0 unspecified atom stereocenters. The number of nitrogens with one attached hydrogen (secondary N) is 1. The van der Waals surface area contributed by atoms with Crippen molar-refractivity contribution in [2.45, 2.75) is 6.18 Å². The lowest BCUT2D eigenvalue weighted by molar-refractivity contribution is -0.143. The van der Waals surface area contributed by atoms with Gasteiger partial charge in [-0.05, 0) is 49.5 Å². The van der Waals surface area contributed by atoms with Gasteiger partial charge in [-0.25, -0.2) is 9.67 Å². The van der Waals surface area contributed by atoms with Gasteiger partial charge in [0.25, 0.3) is 5.91 Å². The third kappa shape index (κ3) is 5.14. The number of fused-ring (bicyclic) bond motifs is 2. The second kappa shape index (κ2) is 10.6. The minimum absolute atomic E-state index is 0.184. The van der Waals surface area contributed by atoms with Crippen molar-refractivity contribution in [3.63, 3.8) is 0 Å². The van der Waals surface area contributed by atoms with Crippen LogP contribution in [0.1, 0.15) is 21.6 Å². The van der Waals surface area contributed by atoms with Gasteiger partial charge in [-0.15, -0.1) is 0 Å². The van der Waals surface area contributed by atoms with E-state index in [9.17, 15) is 18.0 Å². The second-order valence-electron chi connectivity index (χ2n) is 9.80. The van der Waals surface area contributed by atoms with Gasteiger partial charge in [0.1, 0.15) is 5.84 Å². The summed E-state index contributed by atoms with van der Waals surface area (Å²) >= 11 is 6.34. The summed E-state index contributed by atoms with van der Waals surface area (Å²) in [5.41, 5.74) is 3.33. The van der Waals surface area contributed by atoms with E-state index < -0.39 is 23.3 Å². The molecule has 1 fully saturated rings. The molecule has 0 radical (unpaired) electrons. The summed E-state index contributed by atoms with van der Waals surface area (Å²) in [5.74, 6) is -0.278. The molecule has 41 heavy (non-hydrogen) atoms.